The number of nitrogens with one attached hydrogen (secondary N) is 3. The number of carbonyl (C=O) groups is 2. The quantitative estimate of drug-likeness (QED) is 0.707. The number of hydrogen-bond donors (Lipinski definition) is 3. The highest BCUT2D eigenvalue weighted by Gasteiger charge is 2.22. The minimum absolute atomic E-state index is 0.0202. The summed E-state index contributed by atoms with van der Waals surface area (Å²) in [6.45, 7) is 3.77. The summed E-state index contributed by atoms with van der Waals surface area (Å²) in [5.41, 5.74) is 2.99. The van der Waals surface area contributed by atoms with Crippen LogP contribution in [0.2, 0.25) is 0 Å². The third-order valence-electron chi connectivity index (χ3n) is 4.30. The lowest BCUT2D eigenvalue weighted by Gasteiger charge is -2.10. The maximum Gasteiger partial charge on any atom is 0.241 e. The van der Waals surface area contributed by atoms with Gasteiger partial charge in [-0.05, 0) is 47.4 Å². The van der Waals surface area contributed by atoms with Crippen LogP contribution in [0, 0.1) is 0 Å². The molecule has 142 valence electrons. The van der Waals surface area contributed by atoms with Gasteiger partial charge in [0.25, 0.3) is 0 Å². The number of carbonyl (C=O) groups excluding carboxylic acids is 2. The Morgan fingerprint density at radius 2 is 1.85 bits per heavy atom. The zero-order valence-electron chi connectivity index (χ0n) is 15.1. The first-order chi connectivity index (χ1) is 12.7. The molecule has 0 radical (unpaired) electrons. The first kappa shape index (κ1) is 19.1. The van der Waals surface area contributed by atoms with E-state index in [2.05, 4.69) is 29.2 Å². The Kier molecular flexibility index (Phi) is 5.29. The number of amides is 2. The molecular weight excluding hydrogens is 366 g/mol. The molecule has 2 amide bonds. The van der Waals surface area contributed by atoms with Gasteiger partial charge in [-0.2, -0.15) is 0 Å². The number of fused-ring (bicyclic) bond motifs is 1. The van der Waals surface area contributed by atoms with Crippen molar-refractivity contribution in [3.8, 4) is 0 Å². The zero-order valence-corrected chi connectivity index (χ0v) is 15.9. The predicted molar refractivity (Wildman–Crippen MR) is 103 cm³/mol. The fourth-order valence-electron chi connectivity index (χ4n) is 2.77. The Morgan fingerprint density at radius 3 is 2.52 bits per heavy atom. The Hall–Kier alpha value is -2.71. The molecule has 27 heavy (non-hydrogen) atoms. The van der Waals surface area contributed by atoms with Gasteiger partial charge in [-0.1, -0.05) is 26.0 Å². The van der Waals surface area contributed by atoms with Crippen molar-refractivity contribution in [2.75, 3.05) is 17.2 Å². The third-order valence-corrected chi connectivity index (χ3v) is 5.69. The molecule has 1 aliphatic heterocycles. The van der Waals surface area contributed by atoms with Crippen LogP contribution >= 0.6 is 0 Å². The maximum atomic E-state index is 12.4. The van der Waals surface area contributed by atoms with Crippen LogP contribution in [0.4, 0.5) is 11.4 Å². The smallest absolute Gasteiger partial charge is 0.241 e. The minimum Gasteiger partial charge on any atom is -0.326 e. The van der Waals surface area contributed by atoms with Crippen molar-refractivity contribution in [1.29, 1.82) is 0 Å². The largest absolute Gasteiger partial charge is 0.326 e. The van der Waals surface area contributed by atoms with Gasteiger partial charge >= 0.3 is 0 Å². The van der Waals surface area contributed by atoms with Crippen LogP contribution in [-0.2, 0) is 26.0 Å². The van der Waals surface area contributed by atoms with Gasteiger partial charge in [0.2, 0.25) is 21.8 Å². The van der Waals surface area contributed by atoms with Gasteiger partial charge in [-0.25, -0.2) is 13.1 Å². The standard InChI is InChI=1S/C19H21N3O4S/c1-12(2)13-3-5-15(6-4-13)21-19(24)11-20-27(25,26)16-7-8-17-14(9-16)10-18(23)22-17/h3-9,12,20H,10-11H2,1-2H3,(H,21,24)(H,22,23). The Bertz CT molecular complexity index is 983. The van der Waals surface area contributed by atoms with E-state index in [0.717, 1.165) is 5.56 Å². The fraction of sp³-hybridized carbons (Fsp3) is 0.263. The molecule has 0 unspecified atom stereocenters. The van der Waals surface area contributed by atoms with Crippen LogP contribution < -0.4 is 15.4 Å². The Balaban J connectivity index is 1.61. The van der Waals surface area contributed by atoms with E-state index in [1.165, 1.54) is 12.1 Å². The van der Waals surface area contributed by atoms with Gasteiger partial charge in [0, 0.05) is 11.4 Å². The summed E-state index contributed by atoms with van der Waals surface area (Å²) in [6.07, 6.45) is 0.144. The number of rotatable bonds is 6. The monoisotopic (exact) mass is 387 g/mol. The van der Waals surface area contributed by atoms with E-state index in [4.69, 9.17) is 0 Å². The molecule has 0 bridgehead atoms. The summed E-state index contributed by atoms with van der Waals surface area (Å²) in [4.78, 5) is 23.4. The van der Waals surface area contributed by atoms with Crippen molar-refractivity contribution >= 4 is 33.2 Å². The van der Waals surface area contributed by atoms with Gasteiger partial charge < -0.3 is 10.6 Å². The summed E-state index contributed by atoms with van der Waals surface area (Å²) < 4.78 is 27.1. The zero-order chi connectivity index (χ0) is 19.6. The van der Waals surface area contributed by atoms with Crippen LogP contribution in [-0.4, -0.2) is 26.8 Å². The van der Waals surface area contributed by atoms with Gasteiger partial charge in [0.15, 0.2) is 0 Å². The first-order valence-corrected chi connectivity index (χ1v) is 10.0. The summed E-state index contributed by atoms with van der Waals surface area (Å²) in [5, 5.41) is 5.31. The summed E-state index contributed by atoms with van der Waals surface area (Å²) in [6, 6.07) is 11.8. The second-order valence-corrected chi connectivity index (χ2v) is 8.46. The minimum atomic E-state index is -3.85. The van der Waals surface area contributed by atoms with Crippen molar-refractivity contribution in [3.63, 3.8) is 0 Å². The number of hydrogen-bond acceptors (Lipinski definition) is 4. The molecule has 1 aliphatic rings. The van der Waals surface area contributed by atoms with Crippen LogP contribution in [0.5, 0.6) is 0 Å². The van der Waals surface area contributed by atoms with Crippen molar-refractivity contribution in [2.45, 2.75) is 31.1 Å². The van der Waals surface area contributed by atoms with Gasteiger partial charge in [0.1, 0.15) is 0 Å². The van der Waals surface area contributed by atoms with Crippen molar-refractivity contribution < 1.29 is 18.0 Å². The Morgan fingerprint density at radius 1 is 1.15 bits per heavy atom. The second kappa shape index (κ2) is 7.50. The number of sulfonamides is 1. The average molecular weight is 387 g/mol. The van der Waals surface area contributed by atoms with Crippen LogP contribution in [0.1, 0.15) is 30.9 Å². The summed E-state index contributed by atoms with van der Waals surface area (Å²) in [7, 11) is -3.85. The lowest BCUT2D eigenvalue weighted by atomic mass is 10.0. The van der Waals surface area contributed by atoms with Gasteiger partial charge in [-0.15, -0.1) is 0 Å². The fourth-order valence-corrected chi connectivity index (χ4v) is 3.81. The molecule has 7 nitrogen and oxygen atoms in total. The highest BCUT2D eigenvalue weighted by Crippen LogP contribution is 2.25. The van der Waals surface area contributed by atoms with E-state index in [0.29, 0.717) is 22.9 Å². The molecule has 3 rings (SSSR count). The van der Waals surface area contributed by atoms with E-state index < -0.39 is 15.9 Å². The second-order valence-electron chi connectivity index (χ2n) is 6.69. The van der Waals surface area contributed by atoms with Crippen LogP contribution in [0.3, 0.4) is 0 Å². The van der Waals surface area contributed by atoms with Gasteiger partial charge in [-0.3, -0.25) is 9.59 Å². The molecule has 0 aromatic heterocycles. The molecule has 2 aromatic carbocycles. The molecule has 0 saturated carbocycles. The highest BCUT2D eigenvalue weighted by molar-refractivity contribution is 7.89. The van der Waals surface area contributed by atoms with Gasteiger partial charge in [0.05, 0.1) is 17.9 Å². The van der Waals surface area contributed by atoms with E-state index >= 15 is 0 Å². The Labute approximate surface area is 158 Å². The van der Waals surface area contributed by atoms with Crippen LogP contribution in [0.15, 0.2) is 47.4 Å². The number of anilines is 2. The molecule has 2 aromatic rings. The van der Waals surface area contributed by atoms with Crippen molar-refractivity contribution in [2.24, 2.45) is 0 Å². The van der Waals surface area contributed by atoms with E-state index in [1.54, 1.807) is 18.2 Å². The molecule has 0 aliphatic carbocycles. The van der Waals surface area contributed by atoms with E-state index in [1.807, 2.05) is 12.1 Å². The molecule has 0 spiro atoms. The topological polar surface area (TPSA) is 104 Å². The molecule has 3 N–H and O–H groups in total. The maximum absolute atomic E-state index is 12.4. The number of benzene rings is 2. The predicted octanol–water partition coefficient (Wildman–Crippen LogP) is 2.22. The molecule has 1 heterocycles. The molecule has 0 fully saturated rings. The SMILES string of the molecule is CC(C)c1ccc(NC(=O)CNS(=O)(=O)c2ccc3c(c2)CC(=O)N3)cc1. The lowest BCUT2D eigenvalue weighted by molar-refractivity contribution is -0.115. The lowest BCUT2D eigenvalue weighted by Crippen LogP contribution is -2.32. The third kappa shape index (κ3) is 4.53. The average Bonchev–Trinajstić information content (AvgIpc) is 2.99. The van der Waals surface area contributed by atoms with Crippen molar-refractivity contribution in [3.05, 3.63) is 53.6 Å². The first-order valence-electron chi connectivity index (χ1n) is 8.57. The van der Waals surface area contributed by atoms with E-state index in [9.17, 15) is 18.0 Å². The molecule has 0 atom stereocenters. The molecule has 0 saturated heterocycles. The van der Waals surface area contributed by atoms with Crippen LogP contribution in [0.25, 0.3) is 0 Å². The summed E-state index contributed by atoms with van der Waals surface area (Å²) >= 11 is 0. The van der Waals surface area contributed by atoms with E-state index in [-0.39, 0.29) is 23.8 Å². The van der Waals surface area contributed by atoms with Crippen molar-refractivity contribution in [1.82, 2.24) is 4.72 Å². The normalized spacial score (nSPS) is 13.4. The summed E-state index contributed by atoms with van der Waals surface area (Å²) in [5.74, 6) is -0.247. The molecule has 8 heteroatoms. The molecular formula is C19H21N3O4S. The highest BCUT2D eigenvalue weighted by atomic mass is 32.2.